The maximum atomic E-state index is 12.9. The van der Waals surface area contributed by atoms with Crippen LogP contribution in [0.15, 0.2) is 122 Å². The van der Waals surface area contributed by atoms with Crippen LogP contribution in [0.3, 0.4) is 0 Å². The second-order valence-electron chi connectivity index (χ2n) is 23.0. The predicted molar refractivity (Wildman–Crippen MR) is 362 cm³/mol. The molecule has 0 aromatic rings. The van der Waals surface area contributed by atoms with Gasteiger partial charge in [0.2, 0.25) is 0 Å². The molecule has 0 N–H and O–H groups in total. The Morgan fingerprint density at radius 3 is 0.747 bits per heavy atom. The zero-order valence-corrected chi connectivity index (χ0v) is 54.4. The van der Waals surface area contributed by atoms with Crippen LogP contribution in [0.1, 0.15) is 329 Å². The van der Waals surface area contributed by atoms with Crippen LogP contribution in [0.2, 0.25) is 0 Å². The SMILES string of the molecule is CC/C=C\C/C=C\C/C=C\C/C=C\C/C=C\CCCCCC(=O)OC(COC(=O)CCCCC/C=C\C/C=C\C/C=C\CC)COC(=O)CCCCCCCCCCCCCCCCCCCCCCC/C=C\C/C=C\CCCCCCC. The quantitative estimate of drug-likeness (QED) is 0.0261. The number of carbonyl (C=O) groups is 3. The summed E-state index contributed by atoms with van der Waals surface area (Å²) in [6.07, 6.45) is 98.2. The van der Waals surface area contributed by atoms with Crippen molar-refractivity contribution in [1.82, 2.24) is 0 Å². The third-order valence-electron chi connectivity index (χ3n) is 14.9. The summed E-state index contributed by atoms with van der Waals surface area (Å²) in [5.74, 6) is -0.956. The summed E-state index contributed by atoms with van der Waals surface area (Å²) in [5, 5.41) is 0. The molecule has 0 bridgehead atoms. The zero-order chi connectivity index (χ0) is 59.9. The molecular formula is C77H130O6. The fourth-order valence-corrected chi connectivity index (χ4v) is 9.75. The van der Waals surface area contributed by atoms with Crippen LogP contribution >= 0.6 is 0 Å². The number of allylic oxidation sites excluding steroid dienone is 20. The van der Waals surface area contributed by atoms with Crippen LogP contribution in [-0.4, -0.2) is 37.2 Å². The molecule has 0 aliphatic carbocycles. The molecule has 1 unspecified atom stereocenters. The van der Waals surface area contributed by atoms with Crippen molar-refractivity contribution in [2.75, 3.05) is 13.2 Å². The topological polar surface area (TPSA) is 78.9 Å². The highest BCUT2D eigenvalue weighted by Crippen LogP contribution is 2.17. The van der Waals surface area contributed by atoms with E-state index in [1.807, 2.05) is 0 Å². The van der Waals surface area contributed by atoms with Gasteiger partial charge in [-0.1, -0.05) is 303 Å². The van der Waals surface area contributed by atoms with Crippen molar-refractivity contribution in [1.29, 1.82) is 0 Å². The summed E-state index contributed by atoms with van der Waals surface area (Å²) in [5.41, 5.74) is 0. The summed E-state index contributed by atoms with van der Waals surface area (Å²) in [7, 11) is 0. The average molecular weight is 1150 g/mol. The monoisotopic (exact) mass is 1150 g/mol. The van der Waals surface area contributed by atoms with Gasteiger partial charge in [0.25, 0.3) is 0 Å². The third kappa shape index (κ3) is 68.5. The molecule has 0 saturated carbocycles. The van der Waals surface area contributed by atoms with E-state index in [4.69, 9.17) is 14.2 Å². The molecule has 0 amide bonds. The maximum absolute atomic E-state index is 12.9. The lowest BCUT2D eigenvalue weighted by Gasteiger charge is -2.18. The van der Waals surface area contributed by atoms with E-state index in [2.05, 4.69) is 142 Å². The molecule has 1 atom stereocenters. The molecule has 0 aliphatic heterocycles. The minimum absolute atomic E-state index is 0.101. The van der Waals surface area contributed by atoms with Crippen molar-refractivity contribution in [2.24, 2.45) is 0 Å². The van der Waals surface area contributed by atoms with Gasteiger partial charge in [0.1, 0.15) is 13.2 Å². The lowest BCUT2D eigenvalue weighted by Crippen LogP contribution is -2.30. The first-order valence-electron chi connectivity index (χ1n) is 35.0. The molecule has 0 aliphatic rings. The number of hydrogen-bond acceptors (Lipinski definition) is 6. The summed E-state index contributed by atoms with van der Waals surface area (Å²) in [4.78, 5) is 38.3. The molecule has 0 radical (unpaired) electrons. The first-order valence-corrected chi connectivity index (χ1v) is 35.0. The van der Waals surface area contributed by atoms with Gasteiger partial charge in [0.15, 0.2) is 6.10 Å². The van der Waals surface area contributed by atoms with Gasteiger partial charge in [-0.15, -0.1) is 0 Å². The van der Waals surface area contributed by atoms with Gasteiger partial charge in [-0.05, 0) is 128 Å². The molecule has 6 nitrogen and oxygen atoms in total. The highest BCUT2D eigenvalue weighted by Gasteiger charge is 2.19. The number of esters is 3. The first-order chi connectivity index (χ1) is 41.0. The van der Waals surface area contributed by atoms with Crippen LogP contribution in [0.25, 0.3) is 0 Å². The Balaban J connectivity index is 4.22. The highest BCUT2D eigenvalue weighted by atomic mass is 16.6. The molecule has 0 saturated heterocycles. The van der Waals surface area contributed by atoms with Gasteiger partial charge in [-0.3, -0.25) is 14.4 Å². The number of hydrogen-bond donors (Lipinski definition) is 0. The Labute approximate surface area is 513 Å². The van der Waals surface area contributed by atoms with Crippen molar-refractivity contribution < 1.29 is 28.6 Å². The first kappa shape index (κ1) is 78.8. The van der Waals surface area contributed by atoms with E-state index >= 15 is 0 Å². The van der Waals surface area contributed by atoms with Gasteiger partial charge in [-0.25, -0.2) is 0 Å². The van der Waals surface area contributed by atoms with E-state index in [1.165, 1.54) is 161 Å². The highest BCUT2D eigenvalue weighted by molar-refractivity contribution is 5.71. The van der Waals surface area contributed by atoms with Gasteiger partial charge in [-0.2, -0.15) is 0 Å². The smallest absolute Gasteiger partial charge is 0.306 e. The van der Waals surface area contributed by atoms with Gasteiger partial charge in [0, 0.05) is 19.3 Å². The number of unbranched alkanes of at least 4 members (excludes halogenated alkanes) is 32. The van der Waals surface area contributed by atoms with Crippen LogP contribution in [-0.2, 0) is 28.6 Å². The van der Waals surface area contributed by atoms with Crippen molar-refractivity contribution in [2.45, 2.75) is 335 Å². The molecule has 0 heterocycles. The van der Waals surface area contributed by atoms with E-state index < -0.39 is 6.10 Å². The summed E-state index contributed by atoms with van der Waals surface area (Å²) < 4.78 is 16.9. The third-order valence-corrected chi connectivity index (χ3v) is 14.9. The average Bonchev–Trinajstić information content (AvgIpc) is 3.49. The molecular weight excluding hydrogens is 1020 g/mol. The minimum atomic E-state index is -0.811. The molecule has 0 fully saturated rings. The van der Waals surface area contributed by atoms with Gasteiger partial charge < -0.3 is 14.2 Å². The second kappa shape index (κ2) is 70.3. The normalized spacial score (nSPS) is 12.9. The number of carbonyl (C=O) groups excluding carboxylic acids is 3. The minimum Gasteiger partial charge on any atom is -0.462 e. The summed E-state index contributed by atoms with van der Waals surface area (Å²) in [6.45, 7) is 6.37. The maximum Gasteiger partial charge on any atom is 0.306 e. The fraction of sp³-hybridized carbons (Fsp3) is 0.701. The van der Waals surface area contributed by atoms with Gasteiger partial charge in [0.05, 0.1) is 0 Å². The van der Waals surface area contributed by atoms with E-state index in [0.29, 0.717) is 12.8 Å². The Hall–Kier alpha value is -4.19. The van der Waals surface area contributed by atoms with Crippen LogP contribution in [0.5, 0.6) is 0 Å². The van der Waals surface area contributed by atoms with E-state index in [-0.39, 0.29) is 37.5 Å². The Bertz CT molecular complexity index is 1700. The molecule has 0 spiro atoms. The van der Waals surface area contributed by atoms with E-state index in [1.54, 1.807) is 0 Å². The van der Waals surface area contributed by atoms with Crippen LogP contribution in [0, 0.1) is 0 Å². The molecule has 474 valence electrons. The second-order valence-corrected chi connectivity index (χ2v) is 23.0. The van der Waals surface area contributed by atoms with Crippen LogP contribution < -0.4 is 0 Å². The lowest BCUT2D eigenvalue weighted by molar-refractivity contribution is -0.167. The summed E-state index contributed by atoms with van der Waals surface area (Å²) in [6, 6.07) is 0. The van der Waals surface area contributed by atoms with E-state index in [9.17, 15) is 14.4 Å². The fourth-order valence-electron chi connectivity index (χ4n) is 9.75. The molecule has 6 heteroatoms. The number of ether oxygens (including phenoxy) is 3. The predicted octanol–water partition coefficient (Wildman–Crippen LogP) is 24.3. The standard InChI is InChI=1S/C77H130O6/c1-4-7-10-13-16-19-22-25-27-29-31-32-33-34-35-36-37-38-39-40-41-42-43-44-46-47-49-52-55-58-61-64-67-70-76(79)82-73-74(72-81-75(78)69-66-63-60-57-54-51-24-21-18-15-12-9-6-3)83-77(80)71-68-65-62-59-56-53-50-48-45-30-28-26-23-20-17-14-11-8-5-2/h8-9,11-12,17-18,20-22,25-26,28-29,31,45,48,51,53-54,56,74H,4-7,10,13-16,19,23-24,27,30,32-44,46-47,49-50,52,55,57-73H2,1-3H3/b11-8-,12-9-,20-17-,21-18-,25-22-,28-26-,31-29-,48-45-,54-51-,56-53-. The lowest BCUT2D eigenvalue weighted by atomic mass is 10.0. The summed E-state index contributed by atoms with van der Waals surface area (Å²) >= 11 is 0. The van der Waals surface area contributed by atoms with Crippen molar-refractivity contribution in [3.05, 3.63) is 122 Å². The van der Waals surface area contributed by atoms with Gasteiger partial charge >= 0.3 is 17.9 Å². The zero-order valence-electron chi connectivity index (χ0n) is 54.4. The van der Waals surface area contributed by atoms with Crippen molar-refractivity contribution in [3.8, 4) is 0 Å². The Kier molecular flexibility index (Phi) is 66.7. The van der Waals surface area contributed by atoms with Crippen molar-refractivity contribution >= 4 is 17.9 Å². The largest absolute Gasteiger partial charge is 0.462 e. The Morgan fingerprint density at radius 2 is 0.470 bits per heavy atom. The molecule has 83 heavy (non-hydrogen) atoms. The Morgan fingerprint density at radius 1 is 0.253 bits per heavy atom. The van der Waals surface area contributed by atoms with Crippen molar-refractivity contribution in [3.63, 3.8) is 0 Å². The molecule has 0 aromatic heterocycles. The molecule has 0 aromatic carbocycles. The molecule has 0 rings (SSSR count). The number of rotatable bonds is 63. The van der Waals surface area contributed by atoms with E-state index in [0.717, 1.165) is 128 Å². The van der Waals surface area contributed by atoms with Crippen LogP contribution in [0.4, 0.5) is 0 Å².